The molecule has 7 heteroatoms. The van der Waals surface area contributed by atoms with Gasteiger partial charge in [-0.25, -0.2) is 9.59 Å². The van der Waals surface area contributed by atoms with E-state index in [2.05, 4.69) is 5.32 Å². The molecule has 0 spiro atoms. The van der Waals surface area contributed by atoms with Gasteiger partial charge in [-0.05, 0) is 96.3 Å². The maximum Gasteiger partial charge on any atom is 0.407 e. The summed E-state index contributed by atoms with van der Waals surface area (Å²) in [4.78, 5) is 37.0. The summed E-state index contributed by atoms with van der Waals surface area (Å²) in [6.07, 6.45) is 5.31. The van der Waals surface area contributed by atoms with Crippen LogP contribution < -0.4 is 15.7 Å². The number of carbonyl (C=O) groups excluding carboxylic acids is 2. The zero-order valence-electron chi connectivity index (χ0n) is 19.9. The lowest BCUT2D eigenvalue weighted by Gasteiger charge is -2.28. The number of carbonyl (C=O) groups is 2. The van der Waals surface area contributed by atoms with E-state index >= 15 is 0 Å². The Morgan fingerprint density at radius 2 is 1.79 bits per heavy atom. The molecule has 4 rings (SSSR count). The van der Waals surface area contributed by atoms with Crippen LogP contribution in [-0.2, 0) is 22.4 Å². The summed E-state index contributed by atoms with van der Waals surface area (Å²) >= 11 is 0. The van der Waals surface area contributed by atoms with Gasteiger partial charge in [0.15, 0.2) is 0 Å². The van der Waals surface area contributed by atoms with Gasteiger partial charge < -0.3 is 19.2 Å². The van der Waals surface area contributed by atoms with E-state index in [1.807, 2.05) is 39.8 Å². The van der Waals surface area contributed by atoms with Gasteiger partial charge >= 0.3 is 17.7 Å². The van der Waals surface area contributed by atoms with Crippen molar-refractivity contribution in [3.63, 3.8) is 0 Å². The Morgan fingerprint density at radius 1 is 1.09 bits per heavy atom. The summed E-state index contributed by atoms with van der Waals surface area (Å²) in [7, 11) is 0. The van der Waals surface area contributed by atoms with Crippen molar-refractivity contribution in [3.05, 3.63) is 39.2 Å². The molecule has 2 aliphatic rings. The molecule has 0 saturated heterocycles. The van der Waals surface area contributed by atoms with Crippen molar-refractivity contribution in [2.45, 2.75) is 78.2 Å². The minimum absolute atomic E-state index is 0.176. The number of amides is 1. The Hall–Kier alpha value is -2.83. The summed E-state index contributed by atoms with van der Waals surface area (Å²) in [5.74, 6) is 0.340. The molecule has 7 nitrogen and oxygen atoms in total. The highest BCUT2D eigenvalue weighted by Crippen LogP contribution is 2.35. The smallest absolute Gasteiger partial charge is 0.407 e. The van der Waals surface area contributed by atoms with Crippen LogP contribution in [0.1, 0.15) is 69.6 Å². The number of alkyl carbamates (subject to hydrolysis) is 1. The molecule has 178 valence electrons. The highest BCUT2D eigenvalue weighted by Gasteiger charge is 2.29. The summed E-state index contributed by atoms with van der Waals surface area (Å²) in [5, 5.41) is 3.77. The second kappa shape index (κ2) is 9.20. The monoisotopic (exact) mass is 455 g/mol. The lowest BCUT2D eigenvalue weighted by Crippen LogP contribution is -2.36. The van der Waals surface area contributed by atoms with Crippen LogP contribution in [0, 0.1) is 18.8 Å². The van der Waals surface area contributed by atoms with Crippen LogP contribution in [0.5, 0.6) is 5.75 Å². The lowest BCUT2D eigenvalue weighted by molar-refractivity contribution is -0.140. The first-order chi connectivity index (χ1) is 15.6. The van der Waals surface area contributed by atoms with Crippen molar-refractivity contribution in [3.8, 4) is 5.75 Å². The number of fused-ring (bicyclic) bond motifs is 3. The lowest BCUT2D eigenvalue weighted by atomic mass is 9.82. The van der Waals surface area contributed by atoms with E-state index < -0.39 is 11.7 Å². The minimum atomic E-state index is -0.519. The first-order valence-corrected chi connectivity index (χ1v) is 11.9. The van der Waals surface area contributed by atoms with Gasteiger partial charge in [0.2, 0.25) is 0 Å². The third-order valence-corrected chi connectivity index (χ3v) is 6.66. The van der Waals surface area contributed by atoms with E-state index in [0.717, 1.165) is 48.6 Å². The number of aryl methyl sites for hydroxylation is 2. The van der Waals surface area contributed by atoms with Crippen molar-refractivity contribution >= 4 is 23.0 Å². The van der Waals surface area contributed by atoms with E-state index in [0.29, 0.717) is 42.2 Å². The van der Waals surface area contributed by atoms with E-state index in [9.17, 15) is 14.4 Å². The van der Waals surface area contributed by atoms with Gasteiger partial charge in [0.25, 0.3) is 0 Å². The Labute approximate surface area is 193 Å². The van der Waals surface area contributed by atoms with Crippen molar-refractivity contribution in [2.24, 2.45) is 11.8 Å². The first kappa shape index (κ1) is 23.3. The van der Waals surface area contributed by atoms with Gasteiger partial charge in [-0.1, -0.05) is 0 Å². The van der Waals surface area contributed by atoms with Crippen LogP contribution in [0.15, 0.2) is 21.3 Å². The van der Waals surface area contributed by atoms with E-state index in [1.54, 1.807) is 0 Å². The Balaban J connectivity index is 1.35. The average molecular weight is 456 g/mol. The minimum Gasteiger partial charge on any atom is -0.444 e. The fraction of sp³-hybridized carbons (Fsp3) is 0.577. The standard InChI is InChI=1S/C26H33NO6/c1-15-21(13-12-19-18-6-5-7-20(18)24(29)32-22(15)19)31-23(28)17-10-8-16(9-11-17)14-27-25(30)33-26(2,3)4/h12-13,16-17H,5-11,14H2,1-4H3,(H,27,30). The Morgan fingerprint density at radius 3 is 2.48 bits per heavy atom. The average Bonchev–Trinajstić information content (AvgIpc) is 3.25. The number of rotatable bonds is 4. The fourth-order valence-electron chi connectivity index (χ4n) is 4.91. The molecule has 1 saturated carbocycles. The molecular formula is C26H33NO6. The normalized spacial score (nSPS) is 20.4. The predicted molar refractivity (Wildman–Crippen MR) is 125 cm³/mol. The predicted octanol–water partition coefficient (Wildman–Crippen LogP) is 4.83. The molecule has 1 aromatic heterocycles. The number of benzene rings is 1. The molecule has 1 amide bonds. The van der Waals surface area contributed by atoms with Crippen LogP contribution >= 0.6 is 0 Å². The Bertz CT molecular complexity index is 1120. The third kappa shape index (κ3) is 5.23. The second-order valence-corrected chi connectivity index (χ2v) is 10.3. The molecule has 2 aliphatic carbocycles. The van der Waals surface area contributed by atoms with Gasteiger partial charge in [-0.2, -0.15) is 0 Å². The third-order valence-electron chi connectivity index (χ3n) is 6.66. The molecule has 0 radical (unpaired) electrons. The molecule has 2 aromatic rings. The summed E-state index contributed by atoms with van der Waals surface area (Å²) in [5.41, 5.74) is 2.25. The number of hydrogen-bond acceptors (Lipinski definition) is 6. The SMILES string of the molecule is Cc1c(OC(=O)C2CCC(CNC(=O)OC(C)(C)C)CC2)ccc2c3c(c(=O)oc12)CCC3. The highest BCUT2D eigenvalue weighted by atomic mass is 16.6. The topological polar surface area (TPSA) is 94.8 Å². The van der Waals surface area contributed by atoms with Crippen molar-refractivity contribution in [2.75, 3.05) is 6.54 Å². The van der Waals surface area contributed by atoms with Crippen molar-refractivity contribution in [1.82, 2.24) is 5.32 Å². The molecule has 1 N–H and O–H groups in total. The summed E-state index contributed by atoms with van der Waals surface area (Å²) in [6, 6.07) is 3.71. The van der Waals surface area contributed by atoms with Gasteiger partial charge in [0, 0.05) is 23.1 Å². The fourth-order valence-corrected chi connectivity index (χ4v) is 4.91. The summed E-state index contributed by atoms with van der Waals surface area (Å²) in [6.45, 7) is 7.88. The first-order valence-electron chi connectivity index (χ1n) is 11.9. The number of nitrogens with one attached hydrogen (secondary N) is 1. The molecule has 1 heterocycles. The van der Waals surface area contributed by atoms with Crippen LogP contribution in [0.4, 0.5) is 4.79 Å². The van der Waals surface area contributed by atoms with Gasteiger partial charge in [0.1, 0.15) is 16.9 Å². The quantitative estimate of drug-likeness (QED) is 0.403. The Kier molecular flexibility index (Phi) is 6.50. The van der Waals surface area contributed by atoms with Gasteiger partial charge in [-0.15, -0.1) is 0 Å². The summed E-state index contributed by atoms with van der Waals surface area (Å²) < 4.78 is 16.6. The maximum absolute atomic E-state index is 12.8. The van der Waals surface area contributed by atoms with Gasteiger partial charge in [0.05, 0.1) is 5.92 Å². The molecule has 0 aliphatic heterocycles. The van der Waals surface area contributed by atoms with E-state index in [4.69, 9.17) is 13.9 Å². The van der Waals surface area contributed by atoms with E-state index in [1.165, 1.54) is 0 Å². The van der Waals surface area contributed by atoms with Crippen LogP contribution in [0.25, 0.3) is 11.0 Å². The number of esters is 1. The molecule has 0 atom stereocenters. The highest BCUT2D eigenvalue weighted by molar-refractivity contribution is 5.87. The zero-order valence-corrected chi connectivity index (χ0v) is 19.9. The molecule has 33 heavy (non-hydrogen) atoms. The van der Waals surface area contributed by atoms with Crippen LogP contribution in [0.3, 0.4) is 0 Å². The zero-order chi connectivity index (χ0) is 23.8. The molecule has 1 aromatic carbocycles. The van der Waals surface area contributed by atoms with Crippen molar-refractivity contribution < 1.29 is 23.5 Å². The molecule has 0 unspecified atom stereocenters. The van der Waals surface area contributed by atoms with Gasteiger partial charge in [-0.3, -0.25) is 4.79 Å². The largest absolute Gasteiger partial charge is 0.444 e. The van der Waals surface area contributed by atoms with E-state index in [-0.39, 0.29) is 17.5 Å². The van der Waals surface area contributed by atoms with Crippen LogP contribution in [-0.4, -0.2) is 24.2 Å². The molecule has 0 bridgehead atoms. The van der Waals surface area contributed by atoms with Crippen LogP contribution in [0.2, 0.25) is 0 Å². The number of ether oxygens (including phenoxy) is 2. The number of hydrogen-bond donors (Lipinski definition) is 1. The van der Waals surface area contributed by atoms with Crippen molar-refractivity contribution in [1.29, 1.82) is 0 Å². The second-order valence-electron chi connectivity index (χ2n) is 10.3. The maximum atomic E-state index is 12.8. The molecule has 1 fully saturated rings. The molecular weight excluding hydrogens is 422 g/mol.